The van der Waals surface area contributed by atoms with Gasteiger partial charge in [0.25, 0.3) is 11.8 Å². The van der Waals surface area contributed by atoms with E-state index in [0.717, 1.165) is 5.56 Å². The number of carbonyl (C=O) groups is 3. The minimum absolute atomic E-state index is 0.0218. The van der Waals surface area contributed by atoms with E-state index in [0.29, 0.717) is 33.9 Å². The number of phenolic OH excluding ortho intramolecular Hbond substituents is 1. The lowest BCUT2D eigenvalue weighted by molar-refractivity contribution is -0.122. The van der Waals surface area contributed by atoms with Crippen LogP contribution in [0.4, 0.5) is 15.8 Å². The van der Waals surface area contributed by atoms with E-state index in [1.807, 2.05) is 13.0 Å². The summed E-state index contributed by atoms with van der Waals surface area (Å²) in [7, 11) is 0. The van der Waals surface area contributed by atoms with Crippen LogP contribution in [0.25, 0.3) is 0 Å². The number of benzene rings is 3. The van der Waals surface area contributed by atoms with Crippen molar-refractivity contribution in [3.05, 3.63) is 105 Å². The van der Waals surface area contributed by atoms with Crippen molar-refractivity contribution >= 4 is 40.6 Å². The molecule has 39 heavy (non-hydrogen) atoms. The highest BCUT2D eigenvalue weighted by atomic mass is 32.1. The van der Waals surface area contributed by atoms with Crippen LogP contribution in [0, 0.1) is 19.7 Å². The lowest BCUT2D eigenvalue weighted by Crippen LogP contribution is -2.44. The highest BCUT2D eigenvalue weighted by Crippen LogP contribution is 2.35. The second-order valence-corrected chi connectivity index (χ2v) is 9.72. The number of nitrogen functional groups attached to an aromatic ring is 1. The van der Waals surface area contributed by atoms with Crippen LogP contribution in [0.15, 0.2) is 66.7 Å². The van der Waals surface area contributed by atoms with E-state index < -0.39 is 29.6 Å². The molecule has 3 aromatic carbocycles. The molecular formula is C28H26FN5O4S. The maximum Gasteiger partial charge on any atom is 0.273 e. The first-order chi connectivity index (χ1) is 18.6. The number of amides is 3. The Bertz CT molecular complexity index is 1540. The van der Waals surface area contributed by atoms with Crippen molar-refractivity contribution in [2.24, 2.45) is 5.73 Å². The van der Waals surface area contributed by atoms with Gasteiger partial charge in [0.15, 0.2) is 5.69 Å². The van der Waals surface area contributed by atoms with Crippen LogP contribution >= 0.6 is 11.5 Å². The van der Waals surface area contributed by atoms with Crippen LogP contribution in [-0.4, -0.2) is 27.2 Å². The zero-order valence-corrected chi connectivity index (χ0v) is 22.0. The van der Waals surface area contributed by atoms with Crippen LogP contribution in [-0.2, 0) is 11.3 Å². The summed E-state index contributed by atoms with van der Waals surface area (Å²) >= 11 is 0.709. The second-order valence-electron chi connectivity index (χ2n) is 8.94. The number of halogens is 1. The molecule has 4 aromatic rings. The molecule has 3 amide bonds. The number of nitrogens with zero attached hydrogens (tertiary/aromatic N) is 2. The van der Waals surface area contributed by atoms with Gasteiger partial charge >= 0.3 is 0 Å². The van der Waals surface area contributed by atoms with Crippen LogP contribution in [0.2, 0.25) is 0 Å². The number of hydrogen-bond acceptors (Lipinski definition) is 7. The fourth-order valence-electron chi connectivity index (χ4n) is 4.14. The molecule has 1 unspecified atom stereocenters. The Morgan fingerprint density at radius 3 is 2.31 bits per heavy atom. The quantitative estimate of drug-likeness (QED) is 0.262. The molecule has 1 aromatic heterocycles. The molecule has 0 saturated heterocycles. The maximum atomic E-state index is 14.1. The molecule has 0 radical (unpaired) electrons. The fraction of sp³-hybridized carbons (Fsp3) is 0.143. The summed E-state index contributed by atoms with van der Waals surface area (Å²) in [6, 6.07) is 15.7. The number of rotatable bonds is 8. The van der Waals surface area contributed by atoms with E-state index >= 15 is 0 Å². The van der Waals surface area contributed by atoms with E-state index in [1.165, 1.54) is 41.3 Å². The molecule has 0 spiro atoms. The molecule has 0 saturated carbocycles. The molecule has 0 bridgehead atoms. The van der Waals surface area contributed by atoms with E-state index in [-0.39, 0.29) is 28.6 Å². The van der Waals surface area contributed by atoms with Crippen molar-refractivity contribution in [1.82, 2.24) is 9.69 Å². The zero-order valence-electron chi connectivity index (χ0n) is 21.1. The number of primary amides is 1. The highest BCUT2D eigenvalue weighted by Gasteiger charge is 2.36. The van der Waals surface area contributed by atoms with Crippen molar-refractivity contribution in [2.45, 2.75) is 26.4 Å². The maximum absolute atomic E-state index is 14.1. The molecule has 0 aliphatic rings. The smallest absolute Gasteiger partial charge is 0.273 e. The Balaban J connectivity index is 1.84. The second kappa shape index (κ2) is 11.3. The van der Waals surface area contributed by atoms with E-state index in [2.05, 4.69) is 9.69 Å². The molecule has 11 heteroatoms. The lowest BCUT2D eigenvalue weighted by Gasteiger charge is -2.32. The average molecular weight is 548 g/mol. The fourth-order valence-corrected chi connectivity index (χ4v) is 4.88. The zero-order chi connectivity index (χ0) is 28.3. The summed E-state index contributed by atoms with van der Waals surface area (Å²) in [4.78, 5) is 41.0. The molecule has 0 aliphatic carbocycles. The number of hydrogen-bond donors (Lipinski definition) is 4. The van der Waals surface area contributed by atoms with E-state index in [1.54, 1.807) is 31.2 Å². The molecule has 1 atom stereocenters. The van der Waals surface area contributed by atoms with E-state index in [9.17, 15) is 23.9 Å². The van der Waals surface area contributed by atoms with Crippen molar-refractivity contribution in [3.63, 3.8) is 0 Å². The van der Waals surface area contributed by atoms with Gasteiger partial charge in [-0.1, -0.05) is 42.0 Å². The van der Waals surface area contributed by atoms with Crippen LogP contribution < -0.4 is 21.7 Å². The number of aromatic hydroxyl groups is 1. The Morgan fingerprint density at radius 2 is 1.72 bits per heavy atom. The molecule has 0 aliphatic heterocycles. The van der Waals surface area contributed by atoms with Gasteiger partial charge in [-0.05, 0) is 72.4 Å². The standard InChI is InChI=1S/C28H26FN5O4S/c1-15-3-12-21(16(2)13-15)34(28(38)25-22(30)23(26(31)36)33-39-25)24(18-6-10-20(35)11-7-18)27(37)32-14-17-4-8-19(29)9-5-17/h3-13,24,35H,14,30H2,1-2H3,(H2,31,36)(H,32,37). The third kappa shape index (κ3) is 5.88. The van der Waals surface area contributed by atoms with Crippen molar-refractivity contribution in [1.29, 1.82) is 0 Å². The van der Waals surface area contributed by atoms with Crippen LogP contribution in [0.5, 0.6) is 5.75 Å². The molecule has 1 heterocycles. The average Bonchev–Trinajstić information content (AvgIpc) is 3.29. The van der Waals surface area contributed by atoms with Crippen molar-refractivity contribution < 1.29 is 23.9 Å². The van der Waals surface area contributed by atoms with Gasteiger partial charge in [-0.2, -0.15) is 4.37 Å². The third-order valence-electron chi connectivity index (χ3n) is 6.08. The topological polar surface area (TPSA) is 152 Å². The minimum Gasteiger partial charge on any atom is -0.508 e. The number of aryl methyl sites for hydroxylation is 2. The van der Waals surface area contributed by atoms with Gasteiger partial charge in [0, 0.05) is 12.2 Å². The summed E-state index contributed by atoms with van der Waals surface area (Å²) in [5.41, 5.74) is 14.2. The number of aromatic nitrogens is 1. The number of nitrogens with two attached hydrogens (primary N) is 2. The molecule has 0 fully saturated rings. The van der Waals surface area contributed by atoms with Gasteiger partial charge < -0.3 is 21.9 Å². The van der Waals surface area contributed by atoms with Crippen molar-refractivity contribution in [3.8, 4) is 5.75 Å². The van der Waals surface area contributed by atoms with Crippen LogP contribution in [0.3, 0.4) is 0 Å². The van der Waals surface area contributed by atoms with Crippen LogP contribution in [0.1, 0.15) is 48.5 Å². The number of phenols is 1. The first-order valence-corrected chi connectivity index (χ1v) is 12.6. The Morgan fingerprint density at radius 1 is 1.05 bits per heavy atom. The summed E-state index contributed by atoms with van der Waals surface area (Å²) in [6.07, 6.45) is 0. The number of nitrogens with one attached hydrogen (secondary N) is 1. The minimum atomic E-state index is -1.22. The molecule has 6 N–H and O–H groups in total. The SMILES string of the molecule is Cc1ccc(N(C(=O)c2snc(C(N)=O)c2N)C(C(=O)NCc2ccc(F)cc2)c2ccc(O)cc2)c(C)c1. The Labute approximate surface area is 228 Å². The van der Waals surface area contributed by atoms with Gasteiger partial charge in [0.2, 0.25) is 5.91 Å². The number of anilines is 2. The van der Waals surface area contributed by atoms with E-state index in [4.69, 9.17) is 11.5 Å². The molecule has 200 valence electrons. The molecule has 4 rings (SSSR count). The predicted molar refractivity (Wildman–Crippen MR) is 147 cm³/mol. The lowest BCUT2D eigenvalue weighted by atomic mass is 10.00. The molecule has 9 nitrogen and oxygen atoms in total. The number of carbonyl (C=O) groups excluding carboxylic acids is 3. The highest BCUT2D eigenvalue weighted by molar-refractivity contribution is 7.09. The molecular weight excluding hydrogens is 521 g/mol. The Hall–Kier alpha value is -4.77. The first-order valence-electron chi connectivity index (χ1n) is 11.8. The third-order valence-corrected chi connectivity index (χ3v) is 6.93. The summed E-state index contributed by atoms with van der Waals surface area (Å²) < 4.78 is 17.3. The summed E-state index contributed by atoms with van der Waals surface area (Å²) in [6.45, 7) is 3.77. The summed E-state index contributed by atoms with van der Waals surface area (Å²) in [5.74, 6) is -2.52. The Kier molecular flexibility index (Phi) is 7.91. The van der Waals surface area contributed by atoms with Gasteiger partial charge in [-0.3, -0.25) is 19.3 Å². The van der Waals surface area contributed by atoms with Gasteiger partial charge in [-0.25, -0.2) is 4.39 Å². The summed E-state index contributed by atoms with van der Waals surface area (Å²) in [5, 5.41) is 12.7. The monoisotopic (exact) mass is 547 g/mol. The first kappa shape index (κ1) is 27.3. The van der Waals surface area contributed by atoms with Crippen molar-refractivity contribution in [2.75, 3.05) is 10.6 Å². The normalized spacial score (nSPS) is 11.6. The predicted octanol–water partition coefficient (Wildman–Crippen LogP) is 3.99. The largest absolute Gasteiger partial charge is 0.508 e. The van der Waals surface area contributed by atoms with Gasteiger partial charge in [-0.15, -0.1) is 0 Å². The van der Waals surface area contributed by atoms with Gasteiger partial charge in [0.05, 0.1) is 5.69 Å². The van der Waals surface area contributed by atoms with Gasteiger partial charge in [0.1, 0.15) is 22.5 Å².